The summed E-state index contributed by atoms with van der Waals surface area (Å²) < 4.78 is 10.0. The number of hydrogen-bond donors (Lipinski definition) is 2. The maximum Gasteiger partial charge on any atom is 0.286 e. The Balaban J connectivity index is 1.27. The van der Waals surface area contributed by atoms with Crippen LogP contribution in [0.25, 0.3) is 0 Å². The summed E-state index contributed by atoms with van der Waals surface area (Å²) in [4.78, 5) is 38.2. The molecule has 0 saturated heterocycles. The zero-order valence-corrected chi connectivity index (χ0v) is 16.2. The molecule has 2 N–H and O–H groups in total. The molecule has 0 saturated carbocycles. The normalized spacial score (nSPS) is 12.5. The third kappa shape index (κ3) is 4.27. The SMILES string of the molecule is O=C(CCCNC(=O)c1ccco1)Nc1ccc2c(c1)CCN2C(=O)c1ccoc1. The standard InChI is InChI=1S/C22H21N3O5/c26-20(4-1-9-23-21(27)19-3-2-11-30-19)24-17-5-6-18-15(13-17)7-10-25(18)22(28)16-8-12-29-14-16/h2-3,5-6,8,11-14H,1,4,7,9-10H2,(H,23,27)(H,24,26). The molecule has 1 aliphatic rings. The molecule has 3 aromatic rings. The van der Waals surface area contributed by atoms with E-state index in [2.05, 4.69) is 10.6 Å². The first-order valence-corrected chi connectivity index (χ1v) is 9.70. The van der Waals surface area contributed by atoms with Crippen LogP contribution < -0.4 is 15.5 Å². The van der Waals surface area contributed by atoms with Crippen LogP contribution in [-0.2, 0) is 11.2 Å². The topological polar surface area (TPSA) is 105 Å². The van der Waals surface area contributed by atoms with Crippen LogP contribution in [0.15, 0.2) is 64.0 Å². The van der Waals surface area contributed by atoms with E-state index in [1.54, 1.807) is 29.2 Å². The molecule has 8 nitrogen and oxygen atoms in total. The number of amides is 3. The number of fused-ring (bicyclic) bond motifs is 1. The molecule has 1 aromatic carbocycles. The van der Waals surface area contributed by atoms with E-state index < -0.39 is 0 Å². The molecule has 0 radical (unpaired) electrons. The summed E-state index contributed by atoms with van der Waals surface area (Å²) in [5.41, 5.74) is 3.06. The average Bonchev–Trinajstić information content (AvgIpc) is 3.51. The minimum absolute atomic E-state index is 0.101. The molecule has 4 rings (SSSR count). The van der Waals surface area contributed by atoms with Crippen LogP contribution in [0.5, 0.6) is 0 Å². The van der Waals surface area contributed by atoms with Crippen molar-refractivity contribution in [2.24, 2.45) is 0 Å². The number of nitrogens with zero attached hydrogens (tertiary/aromatic N) is 1. The second-order valence-corrected chi connectivity index (χ2v) is 6.95. The number of hydrogen-bond acceptors (Lipinski definition) is 5. The first-order valence-electron chi connectivity index (χ1n) is 9.70. The van der Waals surface area contributed by atoms with Gasteiger partial charge in [0.25, 0.3) is 11.8 Å². The van der Waals surface area contributed by atoms with Gasteiger partial charge in [-0.25, -0.2) is 0 Å². The zero-order valence-electron chi connectivity index (χ0n) is 16.2. The van der Waals surface area contributed by atoms with Crippen molar-refractivity contribution in [3.05, 3.63) is 72.1 Å². The molecular formula is C22H21N3O5. The molecule has 0 spiro atoms. The Hall–Kier alpha value is -3.81. The fourth-order valence-electron chi connectivity index (χ4n) is 3.40. The Bertz CT molecular complexity index is 1040. The first-order chi connectivity index (χ1) is 14.6. The molecule has 1 aliphatic heterocycles. The predicted molar refractivity (Wildman–Crippen MR) is 109 cm³/mol. The molecule has 30 heavy (non-hydrogen) atoms. The third-order valence-corrected chi connectivity index (χ3v) is 4.88. The van der Waals surface area contributed by atoms with E-state index in [0.717, 1.165) is 17.7 Å². The van der Waals surface area contributed by atoms with Crippen LogP contribution in [0.3, 0.4) is 0 Å². The highest BCUT2D eigenvalue weighted by Gasteiger charge is 2.26. The lowest BCUT2D eigenvalue weighted by Crippen LogP contribution is -2.28. The van der Waals surface area contributed by atoms with E-state index in [1.165, 1.54) is 18.8 Å². The van der Waals surface area contributed by atoms with Crippen molar-refractivity contribution in [2.75, 3.05) is 23.3 Å². The maximum atomic E-state index is 12.6. The van der Waals surface area contributed by atoms with Gasteiger partial charge in [-0.2, -0.15) is 0 Å². The van der Waals surface area contributed by atoms with Crippen molar-refractivity contribution >= 4 is 29.1 Å². The quantitative estimate of drug-likeness (QED) is 0.585. The van der Waals surface area contributed by atoms with E-state index >= 15 is 0 Å². The van der Waals surface area contributed by atoms with Crippen molar-refractivity contribution in [3.8, 4) is 0 Å². The lowest BCUT2D eigenvalue weighted by atomic mass is 10.1. The molecule has 0 bridgehead atoms. The Morgan fingerprint density at radius 3 is 2.77 bits per heavy atom. The van der Waals surface area contributed by atoms with E-state index in [0.29, 0.717) is 30.8 Å². The number of rotatable bonds is 7. The summed E-state index contributed by atoms with van der Waals surface area (Å²) in [7, 11) is 0. The fraction of sp³-hybridized carbons (Fsp3) is 0.227. The Morgan fingerprint density at radius 2 is 2.00 bits per heavy atom. The van der Waals surface area contributed by atoms with Gasteiger partial charge in [0.2, 0.25) is 5.91 Å². The molecule has 0 atom stereocenters. The highest BCUT2D eigenvalue weighted by Crippen LogP contribution is 2.31. The van der Waals surface area contributed by atoms with Gasteiger partial charge in [-0.15, -0.1) is 0 Å². The van der Waals surface area contributed by atoms with Crippen LogP contribution in [0.1, 0.15) is 39.3 Å². The highest BCUT2D eigenvalue weighted by molar-refractivity contribution is 6.07. The van der Waals surface area contributed by atoms with Gasteiger partial charge < -0.3 is 24.4 Å². The third-order valence-electron chi connectivity index (χ3n) is 4.88. The van der Waals surface area contributed by atoms with E-state index in [4.69, 9.17) is 8.83 Å². The predicted octanol–water partition coefficient (Wildman–Crippen LogP) is 3.22. The van der Waals surface area contributed by atoms with Gasteiger partial charge in [-0.3, -0.25) is 14.4 Å². The van der Waals surface area contributed by atoms with Crippen molar-refractivity contribution in [2.45, 2.75) is 19.3 Å². The lowest BCUT2D eigenvalue weighted by molar-refractivity contribution is -0.116. The second-order valence-electron chi connectivity index (χ2n) is 6.95. The summed E-state index contributed by atoms with van der Waals surface area (Å²) in [6.07, 6.45) is 5.86. The van der Waals surface area contributed by atoms with Gasteiger partial charge in [0.1, 0.15) is 6.26 Å². The average molecular weight is 407 g/mol. The van der Waals surface area contributed by atoms with Gasteiger partial charge in [-0.1, -0.05) is 0 Å². The van der Waals surface area contributed by atoms with E-state index in [1.807, 2.05) is 12.1 Å². The largest absolute Gasteiger partial charge is 0.472 e. The number of anilines is 2. The lowest BCUT2D eigenvalue weighted by Gasteiger charge is -2.16. The summed E-state index contributed by atoms with van der Waals surface area (Å²) >= 11 is 0. The van der Waals surface area contributed by atoms with Gasteiger partial charge in [0.15, 0.2) is 5.76 Å². The van der Waals surface area contributed by atoms with E-state index in [9.17, 15) is 14.4 Å². The molecule has 0 fully saturated rings. The molecule has 154 valence electrons. The molecule has 0 unspecified atom stereocenters. The summed E-state index contributed by atoms with van der Waals surface area (Å²) in [6.45, 7) is 0.967. The van der Waals surface area contributed by atoms with Crippen LogP contribution in [0.2, 0.25) is 0 Å². The van der Waals surface area contributed by atoms with Crippen molar-refractivity contribution in [3.63, 3.8) is 0 Å². The second kappa shape index (κ2) is 8.69. The number of carbonyl (C=O) groups excluding carboxylic acids is 3. The Kier molecular flexibility index (Phi) is 5.65. The van der Waals surface area contributed by atoms with Gasteiger partial charge in [-0.05, 0) is 54.8 Å². The minimum atomic E-state index is -0.298. The highest BCUT2D eigenvalue weighted by atomic mass is 16.3. The number of nitrogens with one attached hydrogen (secondary N) is 2. The molecule has 2 aromatic heterocycles. The number of furan rings is 2. The molecule has 3 amide bonds. The smallest absolute Gasteiger partial charge is 0.286 e. The first kappa shape index (κ1) is 19.5. The monoisotopic (exact) mass is 407 g/mol. The Labute approximate surface area is 172 Å². The number of carbonyl (C=O) groups is 3. The summed E-state index contributed by atoms with van der Waals surface area (Å²) in [6, 6.07) is 10.4. The van der Waals surface area contributed by atoms with Crippen LogP contribution in [-0.4, -0.2) is 30.8 Å². The van der Waals surface area contributed by atoms with Gasteiger partial charge in [0, 0.05) is 30.9 Å². The zero-order chi connectivity index (χ0) is 20.9. The minimum Gasteiger partial charge on any atom is -0.472 e. The van der Waals surface area contributed by atoms with Crippen LogP contribution >= 0.6 is 0 Å². The summed E-state index contributed by atoms with van der Waals surface area (Å²) in [5.74, 6) is -0.283. The molecule has 0 aliphatic carbocycles. The fourth-order valence-corrected chi connectivity index (χ4v) is 3.40. The van der Waals surface area contributed by atoms with Gasteiger partial charge in [0.05, 0.1) is 18.1 Å². The Morgan fingerprint density at radius 1 is 1.10 bits per heavy atom. The van der Waals surface area contributed by atoms with Crippen molar-refractivity contribution in [1.29, 1.82) is 0 Å². The van der Waals surface area contributed by atoms with E-state index in [-0.39, 0.29) is 29.9 Å². The number of benzene rings is 1. The van der Waals surface area contributed by atoms with Gasteiger partial charge >= 0.3 is 0 Å². The maximum absolute atomic E-state index is 12.6. The molecule has 3 heterocycles. The molecular weight excluding hydrogens is 386 g/mol. The molecule has 8 heteroatoms. The van der Waals surface area contributed by atoms with Crippen molar-refractivity contribution in [1.82, 2.24) is 5.32 Å². The van der Waals surface area contributed by atoms with Crippen molar-refractivity contribution < 1.29 is 23.2 Å². The van der Waals surface area contributed by atoms with Crippen LogP contribution in [0.4, 0.5) is 11.4 Å². The van der Waals surface area contributed by atoms with Crippen LogP contribution in [0, 0.1) is 0 Å². The summed E-state index contributed by atoms with van der Waals surface area (Å²) in [5, 5.41) is 5.58.